The number of nitrogens with one attached hydrogen (secondary N) is 1. The summed E-state index contributed by atoms with van der Waals surface area (Å²) in [6.07, 6.45) is 0. The van der Waals surface area contributed by atoms with E-state index in [0.717, 1.165) is 5.56 Å². The first-order valence-electron chi connectivity index (χ1n) is 5.19. The standard InChI is InChI=1S/C12H16N2O2/c1-3-14-11(13-2)12(15)16-9-10-7-5-4-6-8-10/h4-8H,3,9H2,1-2H3,(H,13,14). The summed E-state index contributed by atoms with van der Waals surface area (Å²) in [4.78, 5) is 15.3. The van der Waals surface area contributed by atoms with Gasteiger partial charge in [0.1, 0.15) is 6.61 Å². The van der Waals surface area contributed by atoms with Crippen LogP contribution in [0.2, 0.25) is 0 Å². The zero-order valence-corrected chi connectivity index (χ0v) is 9.56. The molecule has 16 heavy (non-hydrogen) atoms. The van der Waals surface area contributed by atoms with Gasteiger partial charge in [0.2, 0.25) is 5.84 Å². The topological polar surface area (TPSA) is 50.7 Å². The van der Waals surface area contributed by atoms with Crippen molar-refractivity contribution in [3.8, 4) is 0 Å². The number of benzene rings is 1. The number of aliphatic imine (C=N–C) groups is 1. The van der Waals surface area contributed by atoms with E-state index < -0.39 is 5.97 Å². The van der Waals surface area contributed by atoms with E-state index in [2.05, 4.69) is 10.3 Å². The second kappa shape index (κ2) is 6.61. The van der Waals surface area contributed by atoms with Crippen LogP contribution in [0.5, 0.6) is 0 Å². The maximum Gasteiger partial charge on any atom is 0.373 e. The van der Waals surface area contributed by atoms with Crippen molar-refractivity contribution in [1.29, 1.82) is 0 Å². The highest BCUT2D eigenvalue weighted by Crippen LogP contribution is 2.00. The highest BCUT2D eigenvalue weighted by Gasteiger charge is 2.10. The molecule has 0 aromatic heterocycles. The molecule has 1 aromatic carbocycles. The van der Waals surface area contributed by atoms with E-state index in [0.29, 0.717) is 6.54 Å². The molecular weight excluding hydrogens is 204 g/mol. The van der Waals surface area contributed by atoms with Crippen LogP contribution in [-0.4, -0.2) is 25.4 Å². The highest BCUT2D eigenvalue weighted by molar-refractivity contribution is 6.35. The van der Waals surface area contributed by atoms with Gasteiger partial charge in [0.25, 0.3) is 0 Å². The second-order valence-corrected chi connectivity index (χ2v) is 3.16. The number of esters is 1. The van der Waals surface area contributed by atoms with E-state index in [9.17, 15) is 4.79 Å². The molecule has 0 bridgehead atoms. The van der Waals surface area contributed by atoms with Crippen molar-refractivity contribution in [3.63, 3.8) is 0 Å². The predicted molar refractivity (Wildman–Crippen MR) is 63.3 cm³/mol. The van der Waals surface area contributed by atoms with Gasteiger partial charge in [0, 0.05) is 13.6 Å². The van der Waals surface area contributed by atoms with Crippen molar-refractivity contribution in [1.82, 2.24) is 5.32 Å². The molecule has 0 fully saturated rings. The molecule has 0 spiro atoms. The average molecular weight is 220 g/mol. The SMILES string of the molecule is CCNC(=NC)C(=O)OCc1ccccc1. The maximum absolute atomic E-state index is 11.5. The van der Waals surface area contributed by atoms with Gasteiger partial charge in [-0.3, -0.25) is 4.99 Å². The lowest BCUT2D eigenvalue weighted by Gasteiger charge is -2.07. The number of hydrogen-bond acceptors (Lipinski definition) is 3. The molecule has 1 rings (SSSR count). The van der Waals surface area contributed by atoms with Crippen molar-refractivity contribution >= 4 is 11.8 Å². The van der Waals surface area contributed by atoms with Gasteiger partial charge < -0.3 is 10.1 Å². The third-order valence-corrected chi connectivity index (χ3v) is 1.97. The molecular formula is C12H16N2O2. The lowest BCUT2D eigenvalue weighted by atomic mass is 10.2. The zero-order valence-electron chi connectivity index (χ0n) is 9.56. The Bertz CT molecular complexity index is 361. The number of likely N-dealkylation sites (N-methyl/N-ethyl adjacent to an activating group) is 1. The summed E-state index contributed by atoms with van der Waals surface area (Å²) >= 11 is 0. The summed E-state index contributed by atoms with van der Waals surface area (Å²) in [5.74, 6) is -0.161. The molecule has 1 N–H and O–H groups in total. The van der Waals surface area contributed by atoms with Gasteiger partial charge >= 0.3 is 5.97 Å². The molecule has 4 nitrogen and oxygen atoms in total. The van der Waals surface area contributed by atoms with E-state index >= 15 is 0 Å². The Kier molecular flexibility index (Phi) is 5.05. The Morgan fingerprint density at radius 1 is 1.38 bits per heavy atom. The van der Waals surface area contributed by atoms with Crippen molar-refractivity contribution < 1.29 is 9.53 Å². The van der Waals surface area contributed by atoms with Gasteiger partial charge in [0.15, 0.2) is 0 Å². The van der Waals surface area contributed by atoms with Gasteiger partial charge in [-0.1, -0.05) is 30.3 Å². The number of nitrogens with zero attached hydrogens (tertiary/aromatic N) is 1. The number of carbonyl (C=O) groups is 1. The van der Waals surface area contributed by atoms with Gasteiger partial charge in [-0.2, -0.15) is 0 Å². The first kappa shape index (κ1) is 12.2. The maximum atomic E-state index is 11.5. The monoisotopic (exact) mass is 220 g/mol. The third-order valence-electron chi connectivity index (χ3n) is 1.97. The molecule has 0 saturated carbocycles. The van der Waals surface area contributed by atoms with Crippen LogP contribution in [0.1, 0.15) is 12.5 Å². The van der Waals surface area contributed by atoms with Crippen LogP contribution in [0, 0.1) is 0 Å². The average Bonchev–Trinajstić information content (AvgIpc) is 2.34. The molecule has 0 amide bonds. The third kappa shape index (κ3) is 3.73. The number of rotatable bonds is 3. The van der Waals surface area contributed by atoms with E-state index in [-0.39, 0.29) is 12.4 Å². The van der Waals surface area contributed by atoms with E-state index in [1.54, 1.807) is 7.05 Å². The molecule has 0 radical (unpaired) electrons. The summed E-state index contributed by atoms with van der Waals surface area (Å²) in [6, 6.07) is 9.54. The molecule has 0 aliphatic rings. The molecule has 0 saturated heterocycles. The van der Waals surface area contributed by atoms with Crippen LogP contribution in [0.25, 0.3) is 0 Å². The van der Waals surface area contributed by atoms with Crippen LogP contribution in [0.3, 0.4) is 0 Å². The number of hydrogen-bond donors (Lipinski definition) is 1. The number of amidine groups is 1. The number of carbonyl (C=O) groups excluding carboxylic acids is 1. The molecule has 0 heterocycles. The predicted octanol–water partition coefficient (Wildman–Crippen LogP) is 1.37. The zero-order chi connectivity index (χ0) is 11.8. The van der Waals surface area contributed by atoms with Crippen molar-refractivity contribution in [2.75, 3.05) is 13.6 Å². The molecule has 4 heteroatoms. The molecule has 0 aliphatic heterocycles. The van der Waals surface area contributed by atoms with Gasteiger partial charge in [-0.15, -0.1) is 0 Å². The van der Waals surface area contributed by atoms with E-state index in [4.69, 9.17) is 4.74 Å². The Labute approximate surface area is 95.3 Å². The van der Waals surface area contributed by atoms with E-state index in [1.165, 1.54) is 0 Å². The second-order valence-electron chi connectivity index (χ2n) is 3.16. The Balaban J connectivity index is 2.46. The van der Waals surface area contributed by atoms with Crippen molar-refractivity contribution in [2.24, 2.45) is 4.99 Å². The van der Waals surface area contributed by atoms with E-state index in [1.807, 2.05) is 37.3 Å². The fraction of sp³-hybridized carbons (Fsp3) is 0.333. The van der Waals surface area contributed by atoms with Crippen LogP contribution < -0.4 is 5.32 Å². The molecule has 1 aromatic rings. The number of ether oxygens (including phenoxy) is 1. The van der Waals surface area contributed by atoms with Crippen LogP contribution >= 0.6 is 0 Å². The van der Waals surface area contributed by atoms with Gasteiger partial charge in [-0.05, 0) is 12.5 Å². The quantitative estimate of drug-likeness (QED) is 0.475. The minimum Gasteiger partial charge on any atom is -0.455 e. The smallest absolute Gasteiger partial charge is 0.373 e. The summed E-state index contributed by atoms with van der Waals surface area (Å²) in [7, 11) is 1.56. The summed E-state index contributed by atoms with van der Waals surface area (Å²) < 4.78 is 5.10. The molecule has 86 valence electrons. The summed E-state index contributed by atoms with van der Waals surface area (Å²) in [5, 5.41) is 2.84. The molecule has 0 aliphatic carbocycles. The minimum atomic E-state index is -0.423. The first-order chi connectivity index (χ1) is 7.77. The lowest BCUT2D eigenvalue weighted by molar-refractivity contribution is -0.137. The molecule has 0 atom stereocenters. The fourth-order valence-corrected chi connectivity index (χ4v) is 1.20. The van der Waals surface area contributed by atoms with Crippen LogP contribution in [-0.2, 0) is 16.1 Å². The van der Waals surface area contributed by atoms with Crippen LogP contribution in [0.4, 0.5) is 0 Å². The normalized spacial score (nSPS) is 11.0. The first-order valence-corrected chi connectivity index (χ1v) is 5.19. The Morgan fingerprint density at radius 2 is 2.06 bits per heavy atom. The minimum absolute atomic E-state index is 0.262. The molecule has 0 unspecified atom stereocenters. The largest absolute Gasteiger partial charge is 0.455 e. The summed E-state index contributed by atoms with van der Waals surface area (Å²) in [5.41, 5.74) is 0.961. The highest BCUT2D eigenvalue weighted by atomic mass is 16.5. The fourth-order valence-electron chi connectivity index (χ4n) is 1.20. The Morgan fingerprint density at radius 3 is 2.62 bits per heavy atom. The summed E-state index contributed by atoms with van der Waals surface area (Å²) in [6.45, 7) is 2.81. The lowest BCUT2D eigenvalue weighted by Crippen LogP contribution is -2.32. The van der Waals surface area contributed by atoms with Gasteiger partial charge in [0.05, 0.1) is 0 Å². The Hall–Kier alpha value is -1.84. The van der Waals surface area contributed by atoms with Crippen molar-refractivity contribution in [3.05, 3.63) is 35.9 Å². The van der Waals surface area contributed by atoms with Crippen LogP contribution in [0.15, 0.2) is 35.3 Å². The van der Waals surface area contributed by atoms with Gasteiger partial charge in [-0.25, -0.2) is 4.79 Å². The van der Waals surface area contributed by atoms with Crippen molar-refractivity contribution in [2.45, 2.75) is 13.5 Å².